The van der Waals surface area contributed by atoms with E-state index >= 15 is 0 Å². The Morgan fingerprint density at radius 1 is 1.21 bits per heavy atom. The van der Waals surface area contributed by atoms with Gasteiger partial charge in [-0.3, -0.25) is 10.1 Å². The van der Waals surface area contributed by atoms with Gasteiger partial charge in [0.15, 0.2) is 0 Å². The smallest absolute Gasteiger partial charge is 0.269 e. The number of nitrogens with two attached hydrogens (primary N) is 1. The molecule has 0 saturated carbocycles. The van der Waals surface area contributed by atoms with Crippen LogP contribution >= 0.6 is 35.0 Å². The maximum atomic E-state index is 10.5. The van der Waals surface area contributed by atoms with Gasteiger partial charge in [-0.2, -0.15) is 0 Å². The highest BCUT2D eigenvalue weighted by atomic mass is 35.5. The summed E-state index contributed by atoms with van der Waals surface area (Å²) in [5, 5.41) is 11.7. The van der Waals surface area contributed by atoms with Gasteiger partial charge < -0.3 is 5.73 Å². The van der Waals surface area contributed by atoms with Crippen molar-refractivity contribution in [2.75, 3.05) is 5.73 Å². The number of nitro groups is 1. The molecule has 19 heavy (non-hydrogen) atoms. The molecule has 5 nitrogen and oxygen atoms in total. The Bertz CT molecular complexity index is 635. The summed E-state index contributed by atoms with van der Waals surface area (Å²) in [7, 11) is 0. The fourth-order valence-electron chi connectivity index (χ4n) is 1.28. The number of benzene rings is 1. The summed E-state index contributed by atoms with van der Waals surface area (Å²) in [4.78, 5) is 14.9. The molecule has 0 saturated heterocycles. The van der Waals surface area contributed by atoms with Crippen LogP contribution in [0.4, 0.5) is 11.5 Å². The summed E-state index contributed by atoms with van der Waals surface area (Å²) in [6.45, 7) is 0. The van der Waals surface area contributed by atoms with Gasteiger partial charge in [0, 0.05) is 17.0 Å². The third-order valence-corrected chi connectivity index (χ3v) is 3.90. The molecule has 1 aromatic heterocycles. The molecule has 0 atom stereocenters. The predicted molar refractivity (Wildman–Crippen MR) is 75.9 cm³/mol. The third-order valence-electron chi connectivity index (χ3n) is 2.19. The van der Waals surface area contributed by atoms with Gasteiger partial charge in [-0.05, 0) is 18.2 Å². The lowest BCUT2D eigenvalue weighted by atomic mass is 10.3. The van der Waals surface area contributed by atoms with Crippen molar-refractivity contribution in [3.63, 3.8) is 0 Å². The van der Waals surface area contributed by atoms with Crippen molar-refractivity contribution >= 4 is 46.5 Å². The summed E-state index contributed by atoms with van der Waals surface area (Å²) in [5.74, 6) is 0.190. The van der Waals surface area contributed by atoms with Crippen molar-refractivity contribution in [2.24, 2.45) is 0 Å². The molecular formula is C11H7Cl2N3O2S. The number of nitro benzene ring substituents is 1. The zero-order valence-corrected chi connectivity index (χ0v) is 11.7. The summed E-state index contributed by atoms with van der Waals surface area (Å²) in [6.07, 6.45) is 0. The van der Waals surface area contributed by atoms with Gasteiger partial charge in [-0.1, -0.05) is 35.0 Å². The molecular weight excluding hydrogens is 309 g/mol. The molecule has 8 heteroatoms. The molecule has 2 rings (SSSR count). The number of hydrogen-bond acceptors (Lipinski definition) is 5. The Kier molecular flexibility index (Phi) is 4.14. The second-order valence-corrected chi connectivity index (χ2v) is 5.37. The second kappa shape index (κ2) is 5.64. The lowest BCUT2D eigenvalue weighted by Crippen LogP contribution is -1.93. The van der Waals surface area contributed by atoms with Crippen LogP contribution in [0.25, 0.3) is 0 Å². The fourth-order valence-corrected chi connectivity index (χ4v) is 2.55. The minimum Gasteiger partial charge on any atom is -0.382 e. The van der Waals surface area contributed by atoms with Crippen molar-refractivity contribution in [1.82, 2.24) is 4.98 Å². The largest absolute Gasteiger partial charge is 0.382 e. The molecule has 0 bridgehead atoms. The molecule has 0 unspecified atom stereocenters. The zero-order chi connectivity index (χ0) is 14.0. The molecule has 0 fully saturated rings. The number of pyridine rings is 1. The molecule has 2 aromatic rings. The van der Waals surface area contributed by atoms with Crippen LogP contribution in [0.3, 0.4) is 0 Å². The van der Waals surface area contributed by atoms with E-state index in [1.54, 1.807) is 12.1 Å². The van der Waals surface area contributed by atoms with E-state index in [0.29, 0.717) is 10.0 Å². The van der Waals surface area contributed by atoms with Crippen LogP contribution in [-0.4, -0.2) is 9.91 Å². The summed E-state index contributed by atoms with van der Waals surface area (Å²) in [6, 6.07) is 7.57. The molecule has 0 amide bonds. The average molecular weight is 316 g/mol. The van der Waals surface area contributed by atoms with E-state index in [2.05, 4.69) is 4.98 Å². The van der Waals surface area contributed by atoms with Crippen molar-refractivity contribution in [2.45, 2.75) is 9.92 Å². The van der Waals surface area contributed by atoms with Crippen molar-refractivity contribution in [3.05, 3.63) is 50.5 Å². The summed E-state index contributed by atoms with van der Waals surface area (Å²) < 4.78 is 0. The van der Waals surface area contributed by atoms with Crippen LogP contribution in [0, 0.1) is 10.1 Å². The monoisotopic (exact) mass is 315 g/mol. The highest BCUT2D eigenvalue weighted by molar-refractivity contribution is 7.99. The van der Waals surface area contributed by atoms with Crippen molar-refractivity contribution < 1.29 is 4.92 Å². The normalized spacial score (nSPS) is 10.4. The van der Waals surface area contributed by atoms with Crippen LogP contribution in [-0.2, 0) is 0 Å². The van der Waals surface area contributed by atoms with Crippen LogP contribution in [0.1, 0.15) is 0 Å². The Labute approximate surface area is 122 Å². The topological polar surface area (TPSA) is 82.0 Å². The van der Waals surface area contributed by atoms with E-state index in [0.717, 1.165) is 4.90 Å². The van der Waals surface area contributed by atoms with Crippen molar-refractivity contribution in [3.8, 4) is 0 Å². The molecule has 0 radical (unpaired) electrons. The SMILES string of the molecule is Nc1nc(Sc2ccc([N+](=O)[O-])cc2)c(Cl)cc1Cl. The molecule has 0 spiro atoms. The van der Waals surface area contributed by atoms with Crippen LogP contribution in [0.5, 0.6) is 0 Å². The number of nitrogens with zero attached hydrogens (tertiary/aromatic N) is 2. The number of hydrogen-bond donors (Lipinski definition) is 1. The Hall–Kier alpha value is -1.50. The van der Waals surface area contributed by atoms with Gasteiger partial charge in [0.2, 0.25) is 0 Å². The highest BCUT2D eigenvalue weighted by Crippen LogP contribution is 2.35. The van der Waals surface area contributed by atoms with Gasteiger partial charge in [0.05, 0.1) is 15.0 Å². The lowest BCUT2D eigenvalue weighted by molar-refractivity contribution is -0.384. The first-order valence-electron chi connectivity index (χ1n) is 5.01. The summed E-state index contributed by atoms with van der Waals surface area (Å²) >= 11 is 13.0. The average Bonchev–Trinajstić information content (AvgIpc) is 2.36. The Balaban J connectivity index is 2.26. The van der Waals surface area contributed by atoms with E-state index in [4.69, 9.17) is 28.9 Å². The molecule has 0 aliphatic carbocycles. The van der Waals surface area contributed by atoms with Gasteiger partial charge in [-0.15, -0.1) is 0 Å². The van der Waals surface area contributed by atoms with Gasteiger partial charge in [0.1, 0.15) is 10.8 Å². The Morgan fingerprint density at radius 3 is 2.42 bits per heavy atom. The van der Waals surface area contributed by atoms with Gasteiger partial charge in [-0.25, -0.2) is 4.98 Å². The second-order valence-electron chi connectivity index (χ2n) is 3.50. The molecule has 1 aromatic carbocycles. The van der Waals surface area contributed by atoms with Crippen molar-refractivity contribution in [1.29, 1.82) is 0 Å². The van der Waals surface area contributed by atoms with Crippen LogP contribution in [0.2, 0.25) is 10.0 Å². The lowest BCUT2D eigenvalue weighted by Gasteiger charge is -2.05. The number of non-ortho nitro benzene ring substituents is 1. The molecule has 0 aliphatic rings. The maximum Gasteiger partial charge on any atom is 0.269 e. The molecule has 1 heterocycles. The van der Waals surface area contributed by atoms with E-state index in [-0.39, 0.29) is 16.5 Å². The number of anilines is 1. The first-order chi connectivity index (χ1) is 8.97. The molecule has 2 N–H and O–H groups in total. The maximum absolute atomic E-state index is 10.5. The zero-order valence-electron chi connectivity index (χ0n) is 9.34. The minimum absolute atomic E-state index is 0.0269. The Morgan fingerprint density at radius 2 is 1.84 bits per heavy atom. The standard InChI is InChI=1S/C11H7Cl2N3O2S/c12-8-5-9(13)11(15-10(8)14)19-7-3-1-6(2-4-7)16(17)18/h1-5H,(H2,14,15). The highest BCUT2D eigenvalue weighted by Gasteiger charge is 2.10. The predicted octanol–water partition coefficient (Wildman–Crippen LogP) is 4.03. The minimum atomic E-state index is -0.458. The first-order valence-corrected chi connectivity index (χ1v) is 6.58. The summed E-state index contributed by atoms with van der Waals surface area (Å²) in [5.41, 5.74) is 5.63. The quantitative estimate of drug-likeness (QED) is 0.683. The number of aromatic nitrogens is 1. The van der Waals surface area contributed by atoms with E-state index in [9.17, 15) is 10.1 Å². The first kappa shape index (κ1) is 13.9. The van der Waals surface area contributed by atoms with Crippen LogP contribution < -0.4 is 5.73 Å². The van der Waals surface area contributed by atoms with Gasteiger partial charge in [0.25, 0.3) is 5.69 Å². The van der Waals surface area contributed by atoms with Gasteiger partial charge >= 0.3 is 0 Å². The third kappa shape index (κ3) is 3.28. The van der Waals surface area contributed by atoms with E-state index in [1.807, 2.05) is 0 Å². The fraction of sp³-hybridized carbons (Fsp3) is 0. The van der Waals surface area contributed by atoms with Crippen LogP contribution in [0.15, 0.2) is 40.3 Å². The molecule has 98 valence electrons. The number of rotatable bonds is 3. The number of nitrogen functional groups attached to an aromatic ring is 1. The number of halogens is 2. The molecule has 0 aliphatic heterocycles. The van der Waals surface area contributed by atoms with E-state index in [1.165, 1.54) is 30.0 Å². The van der Waals surface area contributed by atoms with E-state index < -0.39 is 4.92 Å².